The number of nitrogens with two attached hydrogens (primary N) is 1. The summed E-state index contributed by atoms with van der Waals surface area (Å²) in [5, 5.41) is 11.9. The van der Waals surface area contributed by atoms with Crippen LogP contribution in [-0.4, -0.2) is 62.0 Å². The topological polar surface area (TPSA) is 158 Å². The van der Waals surface area contributed by atoms with Crippen molar-refractivity contribution in [1.29, 1.82) is 0 Å². The molecule has 1 aromatic carbocycles. The molecule has 0 spiro atoms. The maximum atomic E-state index is 12.4. The van der Waals surface area contributed by atoms with E-state index in [1.807, 2.05) is 0 Å². The Kier molecular flexibility index (Phi) is 5.27. The van der Waals surface area contributed by atoms with E-state index >= 15 is 0 Å². The Morgan fingerprint density at radius 1 is 1.35 bits per heavy atom. The molecule has 5 N–H and O–H groups in total. The van der Waals surface area contributed by atoms with Gasteiger partial charge in [-0.2, -0.15) is 0 Å². The fourth-order valence-electron chi connectivity index (χ4n) is 3.63. The normalized spacial score (nSPS) is 28.5. The summed E-state index contributed by atoms with van der Waals surface area (Å²) in [5.74, 6) is -0.0958. The zero-order valence-electron chi connectivity index (χ0n) is 16.1. The third-order valence-electron chi connectivity index (χ3n) is 4.99. The molecule has 0 bridgehead atoms. The molecule has 2 aliphatic heterocycles. The van der Waals surface area contributed by atoms with E-state index in [1.54, 1.807) is 24.3 Å². The van der Waals surface area contributed by atoms with E-state index < -0.39 is 37.9 Å². The van der Waals surface area contributed by atoms with Crippen LogP contribution in [0.3, 0.4) is 0 Å². The van der Waals surface area contributed by atoms with Crippen molar-refractivity contribution in [3.63, 3.8) is 0 Å². The molecule has 2 aliphatic rings. The Hall–Kier alpha value is -1.70. The molecule has 0 aliphatic carbocycles. The van der Waals surface area contributed by atoms with Gasteiger partial charge in [0.15, 0.2) is 0 Å². The van der Waals surface area contributed by atoms with Crippen LogP contribution in [0, 0.1) is 0 Å². The molecule has 0 radical (unpaired) electrons. The number of imidazole rings is 1. The quantitative estimate of drug-likeness (QED) is 0.299. The molecule has 164 valence electrons. The molecule has 11 nitrogen and oxygen atoms in total. The van der Waals surface area contributed by atoms with Gasteiger partial charge >= 0.3 is 186 Å². The van der Waals surface area contributed by atoms with Crippen LogP contribution in [0.1, 0.15) is 6.23 Å². The van der Waals surface area contributed by atoms with Crippen LogP contribution in [0.2, 0.25) is 5.02 Å². The number of hydrogen-bond acceptors (Lipinski definition) is 10. The molecule has 4 heterocycles. The number of anilines is 1. The summed E-state index contributed by atoms with van der Waals surface area (Å²) in [5.41, 5.74) is 5.45. The second kappa shape index (κ2) is 7.71. The minimum absolute atomic E-state index is 0.0508. The summed E-state index contributed by atoms with van der Waals surface area (Å²) in [6.07, 6.45) is -3.57. The van der Waals surface area contributed by atoms with Gasteiger partial charge in [-0.05, 0) is 0 Å². The first-order chi connectivity index (χ1) is 14.7. The summed E-state index contributed by atoms with van der Waals surface area (Å²) >= 11 is 7.21. The number of H-pyrrole nitrogens is 1. The maximum absolute atomic E-state index is 12.4. The minimum atomic E-state index is -3.36. The third kappa shape index (κ3) is 3.85. The molecule has 2 fully saturated rings. The molecule has 2 saturated heterocycles. The molecule has 15 heteroatoms. The Morgan fingerprint density at radius 2 is 2.10 bits per heavy atom. The van der Waals surface area contributed by atoms with Crippen molar-refractivity contribution in [2.24, 2.45) is 0 Å². The van der Waals surface area contributed by atoms with Crippen LogP contribution in [0.4, 0.5) is 5.95 Å². The Morgan fingerprint density at radius 3 is 2.84 bits per heavy atom. The van der Waals surface area contributed by atoms with E-state index in [1.165, 1.54) is 23.9 Å². The van der Waals surface area contributed by atoms with Crippen molar-refractivity contribution in [2.75, 3.05) is 12.3 Å². The van der Waals surface area contributed by atoms with Crippen molar-refractivity contribution >= 4 is 55.9 Å². The van der Waals surface area contributed by atoms with E-state index in [0.717, 1.165) is 4.90 Å². The molecule has 0 saturated carbocycles. The van der Waals surface area contributed by atoms with Gasteiger partial charge in [-0.3, -0.25) is 0 Å². The van der Waals surface area contributed by atoms with Gasteiger partial charge in [0.05, 0.1) is 0 Å². The van der Waals surface area contributed by atoms with E-state index in [0.29, 0.717) is 10.2 Å². The summed E-state index contributed by atoms with van der Waals surface area (Å²) in [6.45, 7) is 0.0693. The summed E-state index contributed by atoms with van der Waals surface area (Å²) in [4.78, 5) is 34.5. The van der Waals surface area contributed by atoms with Crippen molar-refractivity contribution in [1.82, 2.24) is 19.5 Å². The number of aliphatic hydroxyl groups is 1. The van der Waals surface area contributed by atoms with E-state index in [2.05, 4.69) is 15.0 Å². The number of ether oxygens (including phenoxy) is 1. The number of aromatic amines is 1. The van der Waals surface area contributed by atoms with Crippen LogP contribution in [0.15, 0.2) is 39.1 Å². The summed E-state index contributed by atoms with van der Waals surface area (Å²) in [6, 6.07) is 7.06. The molecule has 0 unspecified atom stereocenters. The zero-order valence-corrected chi connectivity index (χ0v) is 18.6. The molecular weight excluding hydrogens is 468 g/mol. The fraction of sp³-hybridized carbons (Fsp3) is 0.312. The van der Waals surface area contributed by atoms with Crippen LogP contribution in [0.25, 0.3) is 11.2 Å². The van der Waals surface area contributed by atoms with Gasteiger partial charge in [0.1, 0.15) is 0 Å². The average molecular weight is 486 g/mol. The standard InChI is InChI=1S/C16H18BClN5O6PS/c17-30(26)27-5-8-11(29-30)10(24)14(28-8)23-12-9(13(25)22-15(19)21-12)20-16(23)31-7-3-1-6(18)2-4-7/h1-4,8,10-11,14,24,26,30H,5,17H2,(H3,19,21,22,25)/t8-,10+,11+,14-/m1/s1. The number of nitrogens with one attached hydrogen (secondary N) is 1. The number of rotatable bonds is 3. The van der Waals surface area contributed by atoms with Gasteiger partial charge in [0, 0.05) is 0 Å². The van der Waals surface area contributed by atoms with Crippen LogP contribution < -0.4 is 11.3 Å². The number of aliphatic hydroxyl groups excluding tert-OH is 1. The number of nitrogen functional groups attached to an aromatic ring is 1. The van der Waals surface area contributed by atoms with Crippen molar-refractivity contribution < 1.29 is 23.8 Å². The van der Waals surface area contributed by atoms with E-state index in [9.17, 15) is 14.8 Å². The van der Waals surface area contributed by atoms with E-state index in [-0.39, 0.29) is 23.7 Å². The number of benzene rings is 1. The van der Waals surface area contributed by atoms with Crippen molar-refractivity contribution in [3.8, 4) is 0 Å². The second-order valence-electron chi connectivity index (χ2n) is 7.29. The molecule has 31 heavy (non-hydrogen) atoms. The van der Waals surface area contributed by atoms with Gasteiger partial charge < -0.3 is 0 Å². The number of fused-ring (bicyclic) bond motifs is 2. The third-order valence-corrected chi connectivity index (χ3v) is 7.64. The van der Waals surface area contributed by atoms with Gasteiger partial charge in [-0.25, -0.2) is 0 Å². The van der Waals surface area contributed by atoms with Gasteiger partial charge in [-0.15, -0.1) is 0 Å². The van der Waals surface area contributed by atoms with Crippen LogP contribution >= 0.6 is 31.2 Å². The molecular formula is C16H18BClN5O6PS. The fourth-order valence-corrected chi connectivity index (χ4v) is 6.00. The predicted molar refractivity (Wildman–Crippen MR) is 118 cm³/mol. The van der Waals surface area contributed by atoms with Gasteiger partial charge in [0.25, 0.3) is 0 Å². The number of aromatic nitrogens is 4. The first-order valence-electron chi connectivity index (χ1n) is 9.31. The Labute approximate surface area is 185 Å². The van der Waals surface area contributed by atoms with E-state index in [4.69, 9.17) is 31.1 Å². The zero-order chi connectivity index (χ0) is 21.9. The predicted octanol–water partition coefficient (Wildman–Crippen LogP) is 0.215. The molecule has 2 aromatic heterocycles. The molecule has 5 rings (SSSR count). The van der Waals surface area contributed by atoms with Crippen LogP contribution in [0.5, 0.6) is 0 Å². The molecule has 3 aromatic rings. The Bertz CT molecular complexity index is 1210. The molecule has 4 atom stereocenters. The first kappa shape index (κ1) is 21.2. The summed E-state index contributed by atoms with van der Waals surface area (Å²) < 4.78 is 18.5. The van der Waals surface area contributed by atoms with Gasteiger partial charge in [0.2, 0.25) is 0 Å². The van der Waals surface area contributed by atoms with Crippen molar-refractivity contribution in [2.45, 2.75) is 34.6 Å². The average Bonchev–Trinajstić information content (AvgIpc) is 3.20. The van der Waals surface area contributed by atoms with Crippen molar-refractivity contribution in [3.05, 3.63) is 39.6 Å². The number of nitrogens with zero attached hydrogens (tertiary/aromatic N) is 3. The summed E-state index contributed by atoms with van der Waals surface area (Å²) in [7, 11) is -1.89. The second-order valence-corrected chi connectivity index (χ2v) is 11.1. The monoisotopic (exact) mass is 485 g/mol. The Balaban J connectivity index is 1.61. The first-order valence-corrected chi connectivity index (χ1v) is 12.8. The number of hydrogen-bond donors (Lipinski definition) is 4. The van der Waals surface area contributed by atoms with Gasteiger partial charge in [-0.1, -0.05) is 0 Å². The van der Waals surface area contributed by atoms with Crippen LogP contribution in [-0.2, 0) is 13.8 Å². The SMILES string of the molecule is B[PH]1(O)OC[C@H]2O[C@@H](n3c(Sc4ccc(Cl)cc4)nc4c(=O)[nH]c(N)nc43)[C@@H](O)[C@H]2O1. The number of halogens is 1. The molecule has 0 amide bonds.